The zero-order valence-corrected chi connectivity index (χ0v) is 28.4. The smallest absolute Gasteiger partial charge is 0.0782 e. The van der Waals surface area contributed by atoms with Gasteiger partial charge in [-0.2, -0.15) is 0 Å². The Morgan fingerprint density at radius 1 is 0.373 bits per heavy atom. The van der Waals surface area contributed by atoms with Crippen LogP contribution in [0, 0.1) is 0 Å². The van der Waals surface area contributed by atoms with E-state index >= 15 is 0 Å². The van der Waals surface area contributed by atoms with Crippen molar-refractivity contribution in [2.24, 2.45) is 0 Å². The van der Waals surface area contributed by atoms with Crippen molar-refractivity contribution in [2.75, 3.05) is 4.90 Å². The third-order valence-electron chi connectivity index (χ3n) is 10.5. The highest BCUT2D eigenvalue weighted by atomic mass is 32.1. The molecule has 2 heterocycles. The number of hydrogen-bond donors (Lipinski definition) is 0. The van der Waals surface area contributed by atoms with Crippen molar-refractivity contribution in [3.05, 3.63) is 182 Å². The largest absolute Gasteiger partial charge is 0.307 e. The van der Waals surface area contributed by atoms with Crippen LogP contribution < -0.4 is 4.90 Å². The molecule has 0 saturated heterocycles. The van der Waals surface area contributed by atoms with Gasteiger partial charge < -0.3 is 9.47 Å². The van der Waals surface area contributed by atoms with Crippen LogP contribution in [0.5, 0.6) is 0 Å². The van der Waals surface area contributed by atoms with Crippen LogP contribution >= 0.6 is 11.3 Å². The summed E-state index contributed by atoms with van der Waals surface area (Å²) in [6, 6.07) is 66.8. The zero-order valence-electron chi connectivity index (χ0n) is 27.6. The fourth-order valence-corrected chi connectivity index (χ4v) is 9.56. The Kier molecular flexibility index (Phi) is 6.16. The summed E-state index contributed by atoms with van der Waals surface area (Å²) >= 11 is 1.88. The molecule has 238 valence electrons. The average Bonchev–Trinajstić information content (AvgIpc) is 3.75. The molecule has 51 heavy (non-hydrogen) atoms. The molecule has 11 rings (SSSR count). The Balaban J connectivity index is 1.35. The van der Waals surface area contributed by atoms with Gasteiger partial charge in [0, 0.05) is 37.3 Å². The van der Waals surface area contributed by atoms with Crippen LogP contribution in [-0.4, -0.2) is 4.57 Å². The van der Waals surface area contributed by atoms with Crippen molar-refractivity contribution < 1.29 is 0 Å². The number of para-hydroxylation sites is 3. The maximum absolute atomic E-state index is 2.56. The second-order valence-corrected chi connectivity index (χ2v) is 14.3. The van der Waals surface area contributed by atoms with Gasteiger partial charge in [-0.05, 0) is 69.4 Å². The van der Waals surface area contributed by atoms with Crippen molar-refractivity contribution >= 4 is 103 Å². The normalized spacial score (nSPS) is 11.9. The Hall–Kier alpha value is -6.42. The first-order valence-corrected chi connectivity index (χ1v) is 18.3. The molecule has 0 atom stereocenters. The molecule has 0 fully saturated rings. The summed E-state index contributed by atoms with van der Waals surface area (Å²) < 4.78 is 5.03. The third kappa shape index (κ3) is 4.16. The number of nitrogens with zero attached hydrogens (tertiary/aromatic N) is 2. The molecule has 0 aliphatic rings. The van der Waals surface area contributed by atoms with Crippen LogP contribution in [-0.2, 0) is 0 Å². The molecular weight excluding hydrogens is 637 g/mol. The number of rotatable bonds is 4. The molecule has 3 heteroatoms. The van der Waals surface area contributed by atoms with Gasteiger partial charge in [0.1, 0.15) is 0 Å². The fourth-order valence-electron chi connectivity index (χ4n) is 8.35. The first-order valence-electron chi connectivity index (χ1n) is 17.4. The Labute approximate surface area is 298 Å². The third-order valence-corrected chi connectivity index (χ3v) is 11.7. The number of anilines is 3. The highest BCUT2D eigenvalue weighted by Gasteiger charge is 2.25. The molecular formula is C48H30N2S. The Bertz CT molecular complexity index is 3150. The maximum Gasteiger partial charge on any atom is 0.0782 e. The molecule has 2 aromatic heterocycles. The van der Waals surface area contributed by atoms with Gasteiger partial charge in [-0.15, -0.1) is 11.3 Å². The van der Waals surface area contributed by atoms with Gasteiger partial charge >= 0.3 is 0 Å². The van der Waals surface area contributed by atoms with Crippen LogP contribution in [0.4, 0.5) is 17.1 Å². The van der Waals surface area contributed by atoms with Gasteiger partial charge in [0.05, 0.1) is 32.8 Å². The molecule has 0 spiro atoms. The topological polar surface area (TPSA) is 8.17 Å². The van der Waals surface area contributed by atoms with Crippen molar-refractivity contribution in [1.82, 2.24) is 4.57 Å². The second-order valence-electron chi connectivity index (χ2n) is 13.3. The predicted molar refractivity (Wildman–Crippen MR) is 221 cm³/mol. The van der Waals surface area contributed by atoms with E-state index in [1.165, 1.54) is 80.0 Å². The standard InChI is InChI=1S/C48H30N2S/c1-2-15-32(16-3-1)49-42-24-10-8-20-37(42)39-22-12-25-43(47(39)49)50(44-26-13-23-40-38-21-9-11-27-46(38)51-48(40)44)45-30-41-33-17-5-4-14-31(33)28-29-35(41)34-18-6-7-19-36(34)45/h1-30H. The molecule has 9 aromatic carbocycles. The average molecular weight is 667 g/mol. The minimum absolute atomic E-state index is 1.14. The zero-order chi connectivity index (χ0) is 33.5. The molecule has 0 N–H and O–H groups in total. The minimum Gasteiger partial charge on any atom is -0.307 e. The van der Waals surface area contributed by atoms with Crippen molar-refractivity contribution in [3.63, 3.8) is 0 Å². The molecule has 0 saturated carbocycles. The number of benzene rings is 9. The summed E-state index contributed by atoms with van der Waals surface area (Å²) in [6.45, 7) is 0. The predicted octanol–water partition coefficient (Wildman–Crippen LogP) is 14.1. The van der Waals surface area contributed by atoms with E-state index in [0.717, 1.165) is 17.1 Å². The first-order chi connectivity index (χ1) is 25.3. The van der Waals surface area contributed by atoms with Gasteiger partial charge in [0.2, 0.25) is 0 Å². The van der Waals surface area contributed by atoms with Crippen LogP contribution in [0.3, 0.4) is 0 Å². The van der Waals surface area contributed by atoms with Gasteiger partial charge in [-0.3, -0.25) is 0 Å². The van der Waals surface area contributed by atoms with Crippen molar-refractivity contribution in [2.45, 2.75) is 0 Å². The van der Waals surface area contributed by atoms with E-state index in [2.05, 4.69) is 191 Å². The Morgan fingerprint density at radius 2 is 1.00 bits per heavy atom. The second kappa shape index (κ2) is 11.0. The number of thiophene rings is 1. The number of fused-ring (bicyclic) bond motifs is 11. The summed E-state index contributed by atoms with van der Waals surface area (Å²) in [5, 5.41) is 12.6. The van der Waals surface area contributed by atoms with Crippen molar-refractivity contribution in [1.29, 1.82) is 0 Å². The van der Waals surface area contributed by atoms with Gasteiger partial charge in [0.25, 0.3) is 0 Å². The summed E-state index contributed by atoms with van der Waals surface area (Å²) in [7, 11) is 0. The lowest BCUT2D eigenvalue weighted by atomic mass is 9.95. The summed E-state index contributed by atoms with van der Waals surface area (Å²) in [6.07, 6.45) is 0. The lowest BCUT2D eigenvalue weighted by molar-refractivity contribution is 1.17. The van der Waals surface area contributed by atoms with Gasteiger partial charge in [0.15, 0.2) is 0 Å². The lowest BCUT2D eigenvalue weighted by Gasteiger charge is -2.29. The number of aromatic nitrogens is 1. The quantitative estimate of drug-likeness (QED) is 0.170. The number of hydrogen-bond acceptors (Lipinski definition) is 2. The van der Waals surface area contributed by atoms with E-state index in [1.54, 1.807) is 0 Å². The van der Waals surface area contributed by atoms with Gasteiger partial charge in [-0.25, -0.2) is 0 Å². The molecule has 0 amide bonds. The summed E-state index contributed by atoms with van der Waals surface area (Å²) in [5.74, 6) is 0. The first kappa shape index (κ1) is 28.4. The van der Waals surface area contributed by atoms with E-state index in [0.29, 0.717) is 0 Å². The minimum atomic E-state index is 1.14. The lowest BCUT2D eigenvalue weighted by Crippen LogP contribution is -2.12. The molecule has 0 radical (unpaired) electrons. The van der Waals surface area contributed by atoms with Crippen LogP contribution in [0.15, 0.2) is 182 Å². The SMILES string of the molecule is c1ccc(-n2c3ccccc3c3cccc(N(c4cc5c6ccccc6ccc5c5ccccc45)c4cccc5c4sc4ccccc45)c32)cc1. The molecule has 11 aromatic rings. The molecule has 0 aliphatic carbocycles. The van der Waals surface area contributed by atoms with E-state index < -0.39 is 0 Å². The highest BCUT2D eigenvalue weighted by molar-refractivity contribution is 7.26. The maximum atomic E-state index is 2.56. The van der Waals surface area contributed by atoms with Crippen molar-refractivity contribution in [3.8, 4) is 5.69 Å². The fraction of sp³-hybridized carbons (Fsp3) is 0. The molecule has 2 nitrogen and oxygen atoms in total. The monoisotopic (exact) mass is 666 g/mol. The van der Waals surface area contributed by atoms with Gasteiger partial charge in [-0.1, -0.05) is 140 Å². The Morgan fingerprint density at radius 3 is 1.86 bits per heavy atom. The molecule has 0 bridgehead atoms. The van der Waals surface area contributed by atoms with Crippen LogP contribution in [0.25, 0.3) is 80.0 Å². The summed E-state index contributed by atoms with van der Waals surface area (Å²) in [5.41, 5.74) is 7.01. The van der Waals surface area contributed by atoms with E-state index in [-0.39, 0.29) is 0 Å². The molecule has 0 unspecified atom stereocenters. The van der Waals surface area contributed by atoms with E-state index in [9.17, 15) is 0 Å². The summed E-state index contributed by atoms with van der Waals surface area (Å²) in [4.78, 5) is 2.56. The van der Waals surface area contributed by atoms with Crippen LogP contribution in [0.1, 0.15) is 0 Å². The van der Waals surface area contributed by atoms with E-state index in [1.807, 2.05) is 11.3 Å². The molecule has 0 aliphatic heterocycles. The highest BCUT2D eigenvalue weighted by Crippen LogP contribution is 2.50. The van der Waals surface area contributed by atoms with E-state index in [4.69, 9.17) is 0 Å². The van der Waals surface area contributed by atoms with Crippen LogP contribution in [0.2, 0.25) is 0 Å².